The number of carbonyl (C=O) groups is 1. The molecule has 0 atom stereocenters. The molecule has 4 N–H and O–H groups in total. The molecule has 0 bridgehead atoms. The van der Waals surface area contributed by atoms with Gasteiger partial charge in [0, 0.05) is 10.7 Å². The van der Waals surface area contributed by atoms with Gasteiger partial charge in [-0.3, -0.25) is 10.2 Å². The number of nitrogens with one attached hydrogen (secondary N) is 2. The van der Waals surface area contributed by atoms with Gasteiger partial charge < -0.3 is 11.1 Å². The molecular weight excluding hydrogens is 214 g/mol. The average molecular weight is 226 g/mol. The third-order valence-electron chi connectivity index (χ3n) is 1.82. The topological polar surface area (TPSA) is 79.0 Å². The summed E-state index contributed by atoms with van der Waals surface area (Å²) < 4.78 is 0. The first-order valence-corrected chi connectivity index (χ1v) is 4.75. The lowest BCUT2D eigenvalue weighted by atomic mass is 10.2. The van der Waals surface area contributed by atoms with Crippen LogP contribution in [-0.2, 0) is 4.79 Å². The van der Waals surface area contributed by atoms with Gasteiger partial charge in [-0.15, -0.1) is 0 Å². The maximum absolute atomic E-state index is 11.3. The Balaban J connectivity index is 2.76. The van der Waals surface area contributed by atoms with Crippen molar-refractivity contribution in [2.24, 2.45) is 5.73 Å². The highest BCUT2D eigenvalue weighted by atomic mass is 35.5. The number of carbonyl (C=O) groups excluding carboxylic acids is 1. The molecular formula is C10H12ClN3O. The largest absolute Gasteiger partial charge is 0.387 e. The van der Waals surface area contributed by atoms with Crippen molar-refractivity contribution in [1.82, 2.24) is 0 Å². The van der Waals surface area contributed by atoms with Gasteiger partial charge in [0.05, 0.1) is 6.42 Å². The number of hydrogen-bond donors (Lipinski definition) is 3. The number of amidine groups is 1. The van der Waals surface area contributed by atoms with E-state index >= 15 is 0 Å². The van der Waals surface area contributed by atoms with E-state index in [1.165, 1.54) is 0 Å². The van der Waals surface area contributed by atoms with E-state index in [0.717, 1.165) is 5.56 Å². The van der Waals surface area contributed by atoms with Crippen LogP contribution in [0.3, 0.4) is 0 Å². The summed E-state index contributed by atoms with van der Waals surface area (Å²) in [5.41, 5.74) is 6.67. The monoisotopic (exact) mass is 225 g/mol. The van der Waals surface area contributed by atoms with E-state index in [2.05, 4.69) is 5.32 Å². The Hall–Kier alpha value is -1.55. The molecule has 0 fully saturated rings. The molecule has 80 valence electrons. The van der Waals surface area contributed by atoms with Crippen molar-refractivity contribution in [3.8, 4) is 0 Å². The van der Waals surface area contributed by atoms with Gasteiger partial charge in [-0.1, -0.05) is 17.7 Å². The summed E-state index contributed by atoms with van der Waals surface area (Å²) >= 11 is 5.79. The number of rotatable bonds is 3. The number of hydrogen-bond acceptors (Lipinski definition) is 2. The van der Waals surface area contributed by atoms with Crippen molar-refractivity contribution in [1.29, 1.82) is 5.41 Å². The summed E-state index contributed by atoms with van der Waals surface area (Å²) in [5.74, 6) is -0.472. The average Bonchev–Trinajstić information content (AvgIpc) is 2.10. The van der Waals surface area contributed by atoms with E-state index in [1.807, 2.05) is 13.0 Å². The molecule has 0 aromatic heterocycles. The predicted octanol–water partition coefficient (Wildman–Crippen LogP) is 1.91. The van der Waals surface area contributed by atoms with Crippen LogP contribution in [0.15, 0.2) is 18.2 Å². The third kappa shape index (κ3) is 3.59. The van der Waals surface area contributed by atoms with Crippen molar-refractivity contribution in [2.45, 2.75) is 13.3 Å². The van der Waals surface area contributed by atoms with Gasteiger partial charge in [-0.25, -0.2) is 0 Å². The number of benzene rings is 1. The van der Waals surface area contributed by atoms with Gasteiger partial charge in [0.1, 0.15) is 5.84 Å². The number of halogens is 1. The Kier molecular flexibility index (Phi) is 3.68. The van der Waals surface area contributed by atoms with Crippen LogP contribution in [0.25, 0.3) is 0 Å². The molecule has 5 heteroatoms. The summed E-state index contributed by atoms with van der Waals surface area (Å²) in [5, 5.41) is 10.2. The van der Waals surface area contributed by atoms with Crippen LogP contribution in [-0.4, -0.2) is 11.7 Å². The molecule has 0 saturated carbocycles. The summed E-state index contributed by atoms with van der Waals surface area (Å²) in [4.78, 5) is 11.3. The normalized spacial score (nSPS) is 9.73. The summed E-state index contributed by atoms with van der Waals surface area (Å²) in [6, 6.07) is 5.22. The Bertz CT molecular complexity index is 404. The van der Waals surface area contributed by atoms with Crippen LogP contribution in [0.4, 0.5) is 5.69 Å². The number of nitrogens with two attached hydrogens (primary N) is 1. The zero-order valence-electron chi connectivity index (χ0n) is 8.30. The minimum absolute atomic E-state index is 0.105. The highest BCUT2D eigenvalue weighted by Gasteiger charge is 2.06. The van der Waals surface area contributed by atoms with Crippen LogP contribution in [0.2, 0.25) is 5.02 Å². The molecule has 1 amide bonds. The standard InChI is InChI=1S/C10H12ClN3O/c1-6-2-3-7(11)4-8(6)14-10(15)5-9(12)13/h2-4H,5H2,1H3,(H3,12,13)(H,14,15). The number of anilines is 1. The second-order valence-electron chi connectivity index (χ2n) is 3.21. The number of aryl methyl sites for hydroxylation is 1. The maximum atomic E-state index is 11.3. The second-order valence-corrected chi connectivity index (χ2v) is 3.65. The Labute approximate surface area is 92.9 Å². The summed E-state index contributed by atoms with van der Waals surface area (Å²) in [6.07, 6.45) is -0.105. The fraction of sp³-hybridized carbons (Fsp3) is 0.200. The van der Waals surface area contributed by atoms with E-state index < -0.39 is 0 Å². The lowest BCUT2D eigenvalue weighted by molar-refractivity contribution is -0.115. The van der Waals surface area contributed by atoms with Crippen LogP contribution in [0, 0.1) is 12.3 Å². The quantitative estimate of drug-likeness (QED) is 0.543. The van der Waals surface area contributed by atoms with Crippen molar-refractivity contribution >= 4 is 29.0 Å². The number of amides is 1. The van der Waals surface area contributed by atoms with E-state index in [0.29, 0.717) is 10.7 Å². The lowest BCUT2D eigenvalue weighted by Gasteiger charge is -2.08. The van der Waals surface area contributed by atoms with Gasteiger partial charge in [0.2, 0.25) is 5.91 Å². The Morgan fingerprint density at radius 2 is 2.27 bits per heavy atom. The van der Waals surface area contributed by atoms with Crippen LogP contribution >= 0.6 is 11.6 Å². The summed E-state index contributed by atoms with van der Waals surface area (Å²) in [7, 11) is 0. The minimum Gasteiger partial charge on any atom is -0.387 e. The van der Waals surface area contributed by atoms with Gasteiger partial charge >= 0.3 is 0 Å². The van der Waals surface area contributed by atoms with Crippen molar-refractivity contribution in [2.75, 3.05) is 5.32 Å². The van der Waals surface area contributed by atoms with Crippen LogP contribution in [0.5, 0.6) is 0 Å². The second kappa shape index (κ2) is 4.79. The molecule has 0 aliphatic heterocycles. The van der Waals surface area contributed by atoms with Crippen LogP contribution < -0.4 is 11.1 Å². The summed E-state index contributed by atoms with van der Waals surface area (Å²) in [6.45, 7) is 1.86. The molecule has 0 unspecified atom stereocenters. The third-order valence-corrected chi connectivity index (χ3v) is 2.06. The highest BCUT2D eigenvalue weighted by Crippen LogP contribution is 2.20. The molecule has 0 radical (unpaired) electrons. The van der Waals surface area contributed by atoms with Gasteiger partial charge in [0.25, 0.3) is 0 Å². The van der Waals surface area contributed by atoms with Crippen molar-refractivity contribution in [3.05, 3.63) is 28.8 Å². The smallest absolute Gasteiger partial charge is 0.231 e. The minimum atomic E-state index is -0.312. The molecule has 0 aliphatic rings. The molecule has 4 nitrogen and oxygen atoms in total. The van der Waals surface area contributed by atoms with E-state index in [4.69, 9.17) is 22.7 Å². The predicted molar refractivity (Wildman–Crippen MR) is 61.3 cm³/mol. The van der Waals surface area contributed by atoms with Crippen molar-refractivity contribution < 1.29 is 4.79 Å². The zero-order valence-corrected chi connectivity index (χ0v) is 9.06. The van der Waals surface area contributed by atoms with E-state index in [-0.39, 0.29) is 18.2 Å². The first-order valence-electron chi connectivity index (χ1n) is 4.38. The molecule has 0 heterocycles. The molecule has 0 aliphatic carbocycles. The molecule has 1 aromatic carbocycles. The first-order chi connectivity index (χ1) is 6.99. The lowest BCUT2D eigenvalue weighted by Crippen LogP contribution is -2.21. The Morgan fingerprint density at radius 3 is 2.87 bits per heavy atom. The van der Waals surface area contributed by atoms with Crippen molar-refractivity contribution in [3.63, 3.8) is 0 Å². The van der Waals surface area contributed by atoms with Gasteiger partial charge in [-0.05, 0) is 24.6 Å². The first kappa shape index (κ1) is 11.5. The highest BCUT2D eigenvalue weighted by molar-refractivity contribution is 6.31. The maximum Gasteiger partial charge on any atom is 0.231 e. The SMILES string of the molecule is Cc1ccc(Cl)cc1NC(=O)CC(=N)N. The Morgan fingerprint density at radius 1 is 1.60 bits per heavy atom. The van der Waals surface area contributed by atoms with Crippen LogP contribution in [0.1, 0.15) is 12.0 Å². The van der Waals surface area contributed by atoms with Gasteiger partial charge in [0.15, 0.2) is 0 Å². The molecule has 1 aromatic rings. The molecule has 0 saturated heterocycles. The fourth-order valence-corrected chi connectivity index (χ4v) is 1.27. The molecule has 1 rings (SSSR count). The van der Waals surface area contributed by atoms with E-state index in [1.54, 1.807) is 12.1 Å². The molecule has 0 spiro atoms. The van der Waals surface area contributed by atoms with E-state index in [9.17, 15) is 4.79 Å². The molecule has 15 heavy (non-hydrogen) atoms. The zero-order chi connectivity index (χ0) is 11.4. The van der Waals surface area contributed by atoms with Gasteiger partial charge in [-0.2, -0.15) is 0 Å². The fourth-order valence-electron chi connectivity index (χ4n) is 1.10.